The van der Waals surface area contributed by atoms with E-state index >= 15 is 0 Å². The van der Waals surface area contributed by atoms with Crippen LogP contribution >= 0.6 is 0 Å². The first-order chi connectivity index (χ1) is 7.22. The maximum Gasteiger partial charge on any atom is 0.220 e. The van der Waals surface area contributed by atoms with Crippen LogP contribution in [0.5, 0.6) is 0 Å². The van der Waals surface area contributed by atoms with Gasteiger partial charge in [-0.15, -0.1) is 0 Å². The number of rotatable bonds is 5. The fourth-order valence-electron chi connectivity index (χ4n) is 1.20. The van der Waals surface area contributed by atoms with Crippen LogP contribution in [0.25, 0.3) is 0 Å². The molecular formula is C11H15FN2O. The number of amides is 1. The van der Waals surface area contributed by atoms with Crippen molar-refractivity contribution in [3.8, 4) is 0 Å². The molecule has 15 heavy (non-hydrogen) atoms. The van der Waals surface area contributed by atoms with Crippen LogP contribution in [0, 0.1) is 5.82 Å². The molecule has 0 unspecified atom stereocenters. The van der Waals surface area contributed by atoms with E-state index in [0.29, 0.717) is 25.9 Å². The van der Waals surface area contributed by atoms with Crippen molar-refractivity contribution in [2.24, 2.45) is 5.73 Å². The Hall–Kier alpha value is -1.42. The van der Waals surface area contributed by atoms with Gasteiger partial charge in [0.1, 0.15) is 5.82 Å². The third-order valence-corrected chi connectivity index (χ3v) is 1.99. The summed E-state index contributed by atoms with van der Waals surface area (Å²) in [5.41, 5.74) is 6.03. The van der Waals surface area contributed by atoms with Gasteiger partial charge in [-0.2, -0.15) is 0 Å². The molecule has 0 aliphatic carbocycles. The van der Waals surface area contributed by atoms with Crippen LogP contribution < -0.4 is 11.1 Å². The monoisotopic (exact) mass is 210 g/mol. The molecule has 1 aromatic carbocycles. The predicted octanol–water partition coefficient (Wildman–Crippen LogP) is 1.18. The Morgan fingerprint density at radius 2 is 2.27 bits per heavy atom. The molecule has 0 aliphatic heterocycles. The average Bonchev–Trinajstić information content (AvgIpc) is 2.23. The van der Waals surface area contributed by atoms with Crippen LogP contribution in [0.4, 0.5) is 4.39 Å². The minimum atomic E-state index is -0.288. The highest BCUT2D eigenvalue weighted by Crippen LogP contribution is 2.02. The minimum absolute atomic E-state index is 0.0512. The van der Waals surface area contributed by atoms with Crippen molar-refractivity contribution < 1.29 is 9.18 Å². The first-order valence-electron chi connectivity index (χ1n) is 4.93. The van der Waals surface area contributed by atoms with Gasteiger partial charge in [0.25, 0.3) is 0 Å². The second-order valence-corrected chi connectivity index (χ2v) is 3.30. The number of nitrogens with one attached hydrogen (secondary N) is 1. The Kier molecular flexibility index (Phi) is 4.77. The van der Waals surface area contributed by atoms with Crippen molar-refractivity contribution in [1.82, 2.24) is 5.32 Å². The summed E-state index contributed by atoms with van der Waals surface area (Å²) in [4.78, 5) is 11.2. The van der Waals surface area contributed by atoms with Gasteiger partial charge in [-0.1, -0.05) is 12.1 Å². The molecule has 0 radical (unpaired) electrons. The highest BCUT2D eigenvalue weighted by Gasteiger charge is 2.00. The fraction of sp³-hybridized carbons (Fsp3) is 0.364. The molecule has 1 aromatic rings. The van der Waals surface area contributed by atoms with E-state index in [2.05, 4.69) is 5.32 Å². The molecule has 1 rings (SSSR count). The third-order valence-electron chi connectivity index (χ3n) is 1.99. The summed E-state index contributed by atoms with van der Waals surface area (Å²) in [6.45, 7) is 0.870. The molecule has 0 atom stereocenters. The highest BCUT2D eigenvalue weighted by molar-refractivity contribution is 5.75. The second-order valence-electron chi connectivity index (χ2n) is 3.30. The van der Waals surface area contributed by atoms with Gasteiger partial charge in [0.05, 0.1) is 0 Å². The SMILES string of the molecule is NCCCC(=O)NCc1cccc(F)c1. The summed E-state index contributed by atoms with van der Waals surface area (Å²) in [5, 5.41) is 2.70. The van der Waals surface area contributed by atoms with E-state index in [4.69, 9.17) is 5.73 Å². The van der Waals surface area contributed by atoms with Crippen molar-refractivity contribution >= 4 is 5.91 Å². The van der Waals surface area contributed by atoms with Crippen LogP contribution in [0.1, 0.15) is 18.4 Å². The van der Waals surface area contributed by atoms with Crippen molar-refractivity contribution in [3.63, 3.8) is 0 Å². The summed E-state index contributed by atoms with van der Waals surface area (Å²) >= 11 is 0. The molecule has 0 bridgehead atoms. The first kappa shape index (κ1) is 11.7. The largest absolute Gasteiger partial charge is 0.352 e. The van der Waals surface area contributed by atoms with Crippen LogP contribution in [0.2, 0.25) is 0 Å². The second kappa shape index (κ2) is 6.14. The van der Waals surface area contributed by atoms with Crippen molar-refractivity contribution in [2.75, 3.05) is 6.54 Å². The smallest absolute Gasteiger partial charge is 0.220 e. The number of nitrogens with two attached hydrogens (primary N) is 1. The molecule has 0 spiro atoms. The van der Waals surface area contributed by atoms with Gasteiger partial charge >= 0.3 is 0 Å². The number of carbonyl (C=O) groups is 1. The maximum absolute atomic E-state index is 12.8. The number of hydrogen-bond acceptors (Lipinski definition) is 2. The van der Waals surface area contributed by atoms with E-state index in [0.717, 1.165) is 5.56 Å². The lowest BCUT2D eigenvalue weighted by Gasteiger charge is -2.04. The zero-order valence-electron chi connectivity index (χ0n) is 8.50. The molecule has 0 aliphatic rings. The predicted molar refractivity (Wildman–Crippen MR) is 56.5 cm³/mol. The van der Waals surface area contributed by atoms with E-state index in [1.807, 2.05) is 0 Å². The van der Waals surface area contributed by atoms with E-state index in [1.54, 1.807) is 12.1 Å². The van der Waals surface area contributed by atoms with Gasteiger partial charge < -0.3 is 11.1 Å². The molecule has 0 saturated heterocycles. The van der Waals surface area contributed by atoms with E-state index in [9.17, 15) is 9.18 Å². The maximum atomic E-state index is 12.8. The van der Waals surface area contributed by atoms with Crippen molar-refractivity contribution in [1.29, 1.82) is 0 Å². The van der Waals surface area contributed by atoms with Crippen LogP contribution in [-0.4, -0.2) is 12.5 Å². The zero-order valence-corrected chi connectivity index (χ0v) is 8.50. The van der Waals surface area contributed by atoms with Crippen molar-refractivity contribution in [3.05, 3.63) is 35.6 Å². The molecule has 0 saturated carbocycles. The quantitative estimate of drug-likeness (QED) is 0.766. The summed E-state index contributed by atoms with van der Waals surface area (Å²) in [7, 11) is 0. The van der Waals surface area contributed by atoms with Gasteiger partial charge in [-0.3, -0.25) is 4.79 Å². The van der Waals surface area contributed by atoms with Gasteiger partial charge in [0.2, 0.25) is 5.91 Å². The van der Waals surface area contributed by atoms with Crippen molar-refractivity contribution in [2.45, 2.75) is 19.4 Å². The Bertz CT molecular complexity index is 328. The highest BCUT2D eigenvalue weighted by atomic mass is 19.1. The third kappa shape index (κ3) is 4.56. The molecule has 3 N–H and O–H groups in total. The lowest BCUT2D eigenvalue weighted by molar-refractivity contribution is -0.121. The summed E-state index contributed by atoms with van der Waals surface area (Å²) in [5.74, 6) is -0.339. The molecule has 0 heterocycles. The molecule has 1 amide bonds. The number of hydrogen-bond donors (Lipinski definition) is 2. The van der Waals surface area contributed by atoms with Gasteiger partial charge in [0, 0.05) is 13.0 Å². The fourth-order valence-corrected chi connectivity index (χ4v) is 1.20. The lowest BCUT2D eigenvalue weighted by atomic mass is 10.2. The summed E-state index contributed by atoms with van der Waals surface area (Å²) in [6.07, 6.45) is 1.10. The van der Waals surface area contributed by atoms with Gasteiger partial charge in [-0.25, -0.2) is 4.39 Å². The Balaban J connectivity index is 2.33. The molecule has 3 nitrogen and oxygen atoms in total. The zero-order chi connectivity index (χ0) is 11.1. The average molecular weight is 210 g/mol. The van der Waals surface area contributed by atoms with E-state index in [-0.39, 0.29) is 11.7 Å². The molecule has 0 fully saturated rings. The standard InChI is InChI=1S/C11H15FN2O/c12-10-4-1-3-9(7-10)8-14-11(15)5-2-6-13/h1,3-4,7H,2,5-6,8,13H2,(H,14,15). The van der Waals surface area contributed by atoms with E-state index < -0.39 is 0 Å². The Morgan fingerprint density at radius 3 is 2.93 bits per heavy atom. The van der Waals surface area contributed by atoms with E-state index in [1.165, 1.54) is 12.1 Å². The minimum Gasteiger partial charge on any atom is -0.352 e. The van der Waals surface area contributed by atoms with Crippen LogP contribution in [-0.2, 0) is 11.3 Å². The molecule has 4 heteroatoms. The first-order valence-corrected chi connectivity index (χ1v) is 4.93. The van der Waals surface area contributed by atoms with Crippen LogP contribution in [0.3, 0.4) is 0 Å². The summed E-state index contributed by atoms with van der Waals surface area (Å²) in [6, 6.07) is 6.17. The molecule has 82 valence electrons. The molecular weight excluding hydrogens is 195 g/mol. The van der Waals surface area contributed by atoms with Crippen LogP contribution in [0.15, 0.2) is 24.3 Å². The Morgan fingerprint density at radius 1 is 1.47 bits per heavy atom. The summed E-state index contributed by atoms with van der Waals surface area (Å²) < 4.78 is 12.8. The normalized spacial score (nSPS) is 10.0. The number of carbonyl (C=O) groups excluding carboxylic acids is 1. The van der Waals surface area contributed by atoms with Gasteiger partial charge in [-0.05, 0) is 30.7 Å². The number of halogens is 1. The topological polar surface area (TPSA) is 55.1 Å². The Labute approximate surface area is 88.5 Å². The number of benzene rings is 1. The molecule has 0 aromatic heterocycles. The lowest BCUT2D eigenvalue weighted by Crippen LogP contribution is -2.23. The van der Waals surface area contributed by atoms with Gasteiger partial charge in [0.15, 0.2) is 0 Å².